The maximum absolute atomic E-state index is 12.1. The molecule has 1 atom stereocenters. The summed E-state index contributed by atoms with van der Waals surface area (Å²) in [7, 11) is 0. The minimum atomic E-state index is -0.633. The van der Waals surface area contributed by atoms with Gasteiger partial charge in [-0.05, 0) is 18.4 Å². The average Bonchev–Trinajstić information content (AvgIpc) is 2.98. The minimum Gasteiger partial charge on any atom is -0.480 e. The highest BCUT2D eigenvalue weighted by Gasteiger charge is 2.15. The van der Waals surface area contributed by atoms with E-state index in [1.165, 1.54) is 0 Å². The van der Waals surface area contributed by atoms with Crippen molar-refractivity contribution in [2.24, 2.45) is 0 Å². The topological polar surface area (TPSA) is 71.2 Å². The van der Waals surface area contributed by atoms with Crippen molar-refractivity contribution in [1.82, 2.24) is 10.3 Å². The van der Waals surface area contributed by atoms with Gasteiger partial charge in [0.1, 0.15) is 5.75 Å². The lowest BCUT2D eigenvalue weighted by molar-refractivity contribution is -0.127. The third-order valence-corrected chi connectivity index (χ3v) is 4.17. The zero-order valence-electron chi connectivity index (χ0n) is 12.5. The second-order valence-corrected chi connectivity index (χ2v) is 5.97. The van der Waals surface area contributed by atoms with E-state index in [0.29, 0.717) is 11.4 Å². The molecule has 5 nitrogen and oxygen atoms in total. The third kappa shape index (κ3) is 3.60. The molecular weight excluding hydrogens is 312 g/mol. The van der Waals surface area contributed by atoms with Crippen molar-refractivity contribution < 1.29 is 9.53 Å². The maximum atomic E-state index is 12.1. The van der Waals surface area contributed by atoms with Crippen LogP contribution in [0.15, 0.2) is 52.6 Å². The predicted octanol–water partition coefficient (Wildman–Crippen LogP) is 2.67. The number of amides is 1. The maximum Gasteiger partial charge on any atom is 0.304 e. The fraction of sp³-hybridized carbons (Fsp3) is 0.176. The lowest BCUT2D eigenvalue weighted by Gasteiger charge is -2.16. The molecule has 2 N–H and O–H groups in total. The summed E-state index contributed by atoms with van der Waals surface area (Å²) in [6.07, 6.45) is -0.633. The first kappa shape index (κ1) is 15.3. The van der Waals surface area contributed by atoms with Crippen LogP contribution in [0.25, 0.3) is 10.8 Å². The standard InChI is InChI=1S/C17H16N2O3S/c1-11(16(20)18-9-13-10-23-17(21)19-13)22-15-8-4-6-12-5-2-3-7-14(12)15/h2-8,10-11H,9H2,1H3,(H,18,20)(H,19,21)/t11-/m0/s1. The summed E-state index contributed by atoms with van der Waals surface area (Å²) < 4.78 is 5.80. The molecule has 0 aliphatic rings. The number of ether oxygens (including phenoxy) is 1. The number of carbonyl (C=O) groups excluding carboxylic acids is 1. The van der Waals surface area contributed by atoms with Crippen LogP contribution in [0.3, 0.4) is 0 Å². The van der Waals surface area contributed by atoms with Gasteiger partial charge < -0.3 is 15.0 Å². The zero-order chi connectivity index (χ0) is 16.2. The van der Waals surface area contributed by atoms with Crippen LogP contribution in [-0.4, -0.2) is 17.0 Å². The van der Waals surface area contributed by atoms with Gasteiger partial charge in [0.15, 0.2) is 6.10 Å². The van der Waals surface area contributed by atoms with E-state index in [0.717, 1.165) is 22.1 Å². The summed E-state index contributed by atoms with van der Waals surface area (Å²) in [4.78, 5) is 25.7. The first-order chi connectivity index (χ1) is 11.1. The number of benzene rings is 2. The molecule has 0 unspecified atom stereocenters. The quantitative estimate of drug-likeness (QED) is 0.756. The van der Waals surface area contributed by atoms with Crippen LogP contribution in [0.2, 0.25) is 0 Å². The van der Waals surface area contributed by atoms with Crippen LogP contribution < -0.4 is 14.9 Å². The third-order valence-electron chi connectivity index (χ3n) is 3.45. The zero-order valence-corrected chi connectivity index (χ0v) is 13.4. The SMILES string of the molecule is C[C@H](Oc1cccc2ccccc12)C(=O)NCc1csc(=O)[nH]1. The van der Waals surface area contributed by atoms with Gasteiger partial charge in [-0.2, -0.15) is 0 Å². The van der Waals surface area contributed by atoms with Crippen LogP contribution >= 0.6 is 11.3 Å². The largest absolute Gasteiger partial charge is 0.480 e. The smallest absolute Gasteiger partial charge is 0.304 e. The van der Waals surface area contributed by atoms with Crippen LogP contribution in [-0.2, 0) is 11.3 Å². The van der Waals surface area contributed by atoms with Gasteiger partial charge in [-0.3, -0.25) is 9.59 Å². The van der Waals surface area contributed by atoms with Gasteiger partial charge in [0.2, 0.25) is 0 Å². The molecule has 3 aromatic rings. The van der Waals surface area contributed by atoms with Gasteiger partial charge in [-0.1, -0.05) is 47.7 Å². The second kappa shape index (κ2) is 6.66. The first-order valence-corrected chi connectivity index (χ1v) is 8.10. The van der Waals surface area contributed by atoms with E-state index in [4.69, 9.17) is 4.74 Å². The van der Waals surface area contributed by atoms with Crippen molar-refractivity contribution in [2.75, 3.05) is 0 Å². The van der Waals surface area contributed by atoms with E-state index in [2.05, 4.69) is 10.3 Å². The number of aromatic amines is 1. The van der Waals surface area contributed by atoms with Crippen LogP contribution in [0.4, 0.5) is 0 Å². The van der Waals surface area contributed by atoms with E-state index < -0.39 is 6.10 Å². The van der Waals surface area contributed by atoms with E-state index in [1.54, 1.807) is 12.3 Å². The van der Waals surface area contributed by atoms with Gasteiger partial charge in [-0.15, -0.1) is 0 Å². The van der Waals surface area contributed by atoms with Crippen molar-refractivity contribution in [2.45, 2.75) is 19.6 Å². The molecule has 2 aromatic carbocycles. The van der Waals surface area contributed by atoms with E-state index >= 15 is 0 Å². The summed E-state index contributed by atoms with van der Waals surface area (Å²) >= 11 is 1.07. The molecule has 3 rings (SSSR count). The number of rotatable bonds is 5. The van der Waals surface area contributed by atoms with E-state index in [1.807, 2.05) is 42.5 Å². The number of aromatic nitrogens is 1. The number of nitrogens with one attached hydrogen (secondary N) is 2. The van der Waals surface area contributed by atoms with Gasteiger partial charge in [0, 0.05) is 16.5 Å². The van der Waals surface area contributed by atoms with Crippen molar-refractivity contribution in [3.8, 4) is 5.75 Å². The Kier molecular flexibility index (Phi) is 4.43. The van der Waals surface area contributed by atoms with Crippen LogP contribution in [0.5, 0.6) is 5.75 Å². The predicted molar refractivity (Wildman–Crippen MR) is 90.8 cm³/mol. The number of H-pyrrole nitrogens is 1. The van der Waals surface area contributed by atoms with Crippen molar-refractivity contribution in [1.29, 1.82) is 0 Å². The van der Waals surface area contributed by atoms with Crippen molar-refractivity contribution in [3.05, 3.63) is 63.2 Å². The second-order valence-electron chi connectivity index (χ2n) is 5.13. The van der Waals surface area contributed by atoms with E-state index in [9.17, 15) is 9.59 Å². The number of thiazole rings is 1. The summed E-state index contributed by atoms with van der Waals surface area (Å²) in [6, 6.07) is 13.6. The van der Waals surface area contributed by atoms with Gasteiger partial charge in [-0.25, -0.2) is 0 Å². The van der Waals surface area contributed by atoms with Gasteiger partial charge >= 0.3 is 4.87 Å². The fourth-order valence-corrected chi connectivity index (χ4v) is 2.85. The molecule has 6 heteroatoms. The Morgan fingerprint density at radius 2 is 2.04 bits per heavy atom. The molecule has 0 spiro atoms. The van der Waals surface area contributed by atoms with Crippen molar-refractivity contribution >= 4 is 28.0 Å². The van der Waals surface area contributed by atoms with E-state index in [-0.39, 0.29) is 17.3 Å². The Bertz CT molecular complexity index is 879. The first-order valence-electron chi connectivity index (χ1n) is 7.22. The molecule has 1 amide bonds. The molecule has 0 radical (unpaired) electrons. The minimum absolute atomic E-state index is 0.130. The van der Waals surface area contributed by atoms with Gasteiger partial charge in [0.25, 0.3) is 5.91 Å². The van der Waals surface area contributed by atoms with Crippen LogP contribution in [0, 0.1) is 0 Å². The summed E-state index contributed by atoms with van der Waals surface area (Å²) in [5, 5.41) is 6.48. The Labute approximate surface area is 136 Å². The highest BCUT2D eigenvalue weighted by atomic mass is 32.1. The molecule has 1 heterocycles. The molecule has 0 saturated carbocycles. The Balaban J connectivity index is 1.66. The van der Waals surface area contributed by atoms with Crippen molar-refractivity contribution in [3.63, 3.8) is 0 Å². The molecule has 0 aliphatic heterocycles. The Morgan fingerprint density at radius 1 is 1.26 bits per heavy atom. The Morgan fingerprint density at radius 3 is 2.83 bits per heavy atom. The molecule has 118 valence electrons. The monoisotopic (exact) mass is 328 g/mol. The number of hydrogen-bond donors (Lipinski definition) is 2. The molecule has 0 fully saturated rings. The molecule has 0 saturated heterocycles. The number of carbonyl (C=O) groups is 1. The van der Waals surface area contributed by atoms with Gasteiger partial charge in [0.05, 0.1) is 6.54 Å². The van der Waals surface area contributed by atoms with Crippen LogP contribution in [0.1, 0.15) is 12.6 Å². The normalized spacial score (nSPS) is 12.0. The number of fused-ring (bicyclic) bond motifs is 1. The lowest BCUT2D eigenvalue weighted by atomic mass is 10.1. The summed E-state index contributed by atoms with van der Waals surface area (Å²) in [5.41, 5.74) is 0.686. The molecule has 23 heavy (non-hydrogen) atoms. The number of hydrogen-bond acceptors (Lipinski definition) is 4. The highest BCUT2D eigenvalue weighted by molar-refractivity contribution is 7.07. The summed E-state index contributed by atoms with van der Waals surface area (Å²) in [5.74, 6) is 0.444. The lowest BCUT2D eigenvalue weighted by Crippen LogP contribution is -2.36. The highest BCUT2D eigenvalue weighted by Crippen LogP contribution is 2.25. The molecule has 1 aromatic heterocycles. The Hall–Kier alpha value is -2.60. The fourth-order valence-electron chi connectivity index (χ4n) is 2.27. The average molecular weight is 328 g/mol. The molecule has 0 bridgehead atoms. The summed E-state index contributed by atoms with van der Waals surface area (Å²) in [6.45, 7) is 1.98. The molecular formula is C17H16N2O3S. The molecule has 0 aliphatic carbocycles.